The first-order valence-electron chi connectivity index (χ1n) is 5.61. The molecule has 2 aromatic heterocycles. The number of aromatic nitrogens is 1. The van der Waals surface area contributed by atoms with E-state index in [9.17, 15) is 4.39 Å². The van der Waals surface area contributed by atoms with Crippen LogP contribution in [0.2, 0.25) is 0 Å². The third-order valence-corrected chi connectivity index (χ3v) is 3.44. The number of rotatable bonds is 6. The van der Waals surface area contributed by atoms with Crippen molar-refractivity contribution in [3.05, 3.63) is 29.3 Å². The molecule has 0 saturated heterocycles. The molecule has 5 heteroatoms. The van der Waals surface area contributed by atoms with E-state index in [0.717, 1.165) is 22.9 Å². The lowest BCUT2D eigenvalue weighted by molar-refractivity contribution is 0.245. The molecule has 2 heterocycles. The second-order valence-corrected chi connectivity index (χ2v) is 4.67. The Morgan fingerprint density at radius 3 is 3.06 bits per heavy atom. The molecule has 17 heavy (non-hydrogen) atoms. The highest BCUT2D eigenvalue weighted by Gasteiger charge is 2.10. The van der Waals surface area contributed by atoms with E-state index in [1.807, 2.05) is 35.4 Å². The number of halogens is 1. The lowest BCUT2D eigenvalue weighted by Crippen LogP contribution is -2.25. The minimum absolute atomic E-state index is 0.330. The summed E-state index contributed by atoms with van der Waals surface area (Å²) in [5, 5.41) is 6.01. The fourth-order valence-electron chi connectivity index (χ4n) is 1.62. The molecule has 0 saturated carbocycles. The summed E-state index contributed by atoms with van der Waals surface area (Å²) in [6.45, 7) is 3.57. The Hall–Kier alpha value is -1.20. The van der Waals surface area contributed by atoms with Crippen molar-refractivity contribution in [2.45, 2.75) is 13.5 Å². The maximum Gasteiger partial charge on any atom is 0.177 e. The summed E-state index contributed by atoms with van der Waals surface area (Å²) in [4.78, 5) is 3.06. The molecule has 0 fully saturated rings. The highest BCUT2D eigenvalue weighted by atomic mass is 32.1. The number of hydrogen-bond acceptors (Lipinski definition) is 4. The molecule has 0 spiro atoms. The van der Waals surface area contributed by atoms with Gasteiger partial charge in [0.2, 0.25) is 0 Å². The molecule has 0 bridgehead atoms. The molecule has 0 aliphatic carbocycles. The smallest absolute Gasteiger partial charge is 0.177 e. The predicted octanol–water partition coefficient (Wildman–Crippen LogP) is 3.19. The first-order chi connectivity index (χ1) is 8.33. The molecule has 0 aliphatic heterocycles. The van der Waals surface area contributed by atoms with Crippen molar-refractivity contribution in [2.24, 2.45) is 0 Å². The third kappa shape index (κ3) is 3.14. The molecule has 0 amide bonds. The van der Waals surface area contributed by atoms with Gasteiger partial charge in [-0.05, 0) is 18.0 Å². The zero-order valence-corrected chi connectivity index (χ0v) is 10.5. The summed E-state index contributed by atoms with van der Waals surface area (Å²) in [7, 11) is 0. The van der Waals surface area contributed by atoms with Crippen LogP contribution in [0.4, 0.5) is 4.39 Å². The molecule has 92 valence electrons. The molecule has 0 atom stereocenters. The first kappa shape index (κ1) is 12.3. The van der Waals surface area contributed by atoms with Gasteiger partial charge in [0.15, 0.2) is 5.76 Å². The van der Waals surface area contributed by atoms with Gasteiger partial charge in [0.05, 0.1) is 10.6 Å². The second-order valence-electron chi connectivity index (χ2n) is 3.72. The lowest BCUT2D eigenvalue weighted by atomic mass is 10.3. The Balaban J connectivity index is 2.03. The minimum atomic E-state index is -0.330. The summed E-state index contributed by atoms with van der Waals surface area (Å²) in [6.07, 6.45) is 0. The van der Waals surface area contributed by atoms with Crippen molar-refractivity contribution < 1.29 is 8.91 Å². The van der Waals surface area contributed by atoms with E-state index in [4.69, 9.17) is 4.52 Å². The van der Waals surface area contributed by atoms with Crippen LogP contribution in [0.5, 0.6) is 0 Å². The molecule has 3 nitrogen and oxygen atoms in total. The van der Waals surface area contributed by atoms with Gasteiger partial charge in [-0.25, -0.2) is 4.39 Å². The SMILES string of the molecule is CCN(CCF)Cc1cc(-c2cccs2)on1. The largest absolute Gasteiger partial charge is 0.355 e. The van der Waals surface area contributed by atoms with Crippen LogP contribution in [-0.4, -0.2) is 29.8 Å². The third-order valence-electron chi connectivity index (χ3n) is 2.56. The highest BCUT2D eigenvalue weighted by molar-refractivity contribution is 7.13. The topological polar surface area (TPSA) is 29.3 Å². The molecule has 0 aromatic carbocycles. The van der Waals surface area contributed by atoms with Crippen LogP contribution in [-0.2, 0) is 6.54 Å². The van der Waals surface area contributed by atoms with Gasteiger partial charge in [-0.1, -0.05) is 18.1 Å². The maximum atomic E-state index is 12.3. The van der Waals surface area contributed by atoms with Crippen LogP contribution in [0.15, 0.2) is 28.1 Å². The minimum Gasteiger partial charge on any atom is -0.355 e. The molecule has 2 aromatic rings. The number of nitrogens with zero attached hydrogens (tertiary/aromatic N) is 2. The average molecular weight is 254 g/mol. The Labute approximate surface area is 104 Å². The van der Waals surface area contributed by atoms with E-state index in [1.54, 1.807) is 11.3 Å². The summed E-state index contributed by atoms with van der Waals surface area (Å²) in [5.74, 6) is 0.784. The van der Waals surface area contributed by atoms with Gasteiger partial charge >= 0.3 is 0 Å². The van der Waals surface area contributed by atoms with Crippen molar-refractivity contribution in [1.82, 2.24) is 10.1 Å². The summed E-state index contributed by atoms with van der Waals surface area (Å²) >= 11 is 1.62. The van der Waals surface area contributed by atoms with Crippen molar-refractivity contribution >= 4 is 11.3 Å². The van der Waals surface area contributed by atoms with Gasteiger partial charge in [0.25, 0.3) is 0 Å². The molecule has 2 rings (SSSR count). The van der Waals surface area contributed by atoms with Crippen LogP contribution in [0.25, 0.3) is 10.6 Å². The number of alkyl halides is 1. The molecular weight excluding hydrogens is 239 g/mol. The van der Waals surface area contributed by atoms with Crippen LogP contribution in [0.1, 0.15) is 12.6 Å². The Kier molecular flexibility index (Phi) is 4.28. The number of thiophene rings is 1. The van der Waals surface area contributed by atoms with Crippen molar-refractivity contribution in [1.29, 1.82) is 0 Å². The summed E-state index contributed by atoms with van der Waals surface area (Å²) < 4.78 is 17.6. The zero-order chi connectivity index (χ0) is 12.1. The van der Waals surface area contributed by atoms with E-state index in [0.29, 0.717) is 13.1 Å². The quantitative estimate of drug-likeness (QED) is 0.792. The molecule has 0 radical (unpaired) electrons. The van der Waals surface area contributed by atoms with Gasteiger partial charge in [0.1, 0.15) is 6.67 Å². The Morgan fingerprint density at radius 2 is 2.41 bits per heavy atom. The zero-order valence-electron chi connectivity index (χ0n) is 9.73. The second kappa shape index (κ2) is 5.93. The van der Waals surface area contributed by atoms with E-state index >= 15 is 0 Å². The molecular formula is C12H15FN2OS. The normalized spacial score (nSPS) is 11.2. The molecule has 0 N–H and O–H groups in total. The van der Waals surface area contributed by atoms with Crippen LogP contribution in [0, 0.1) is 0 Å². The van der Waals surface area contributed by atoms with Crippen molar-refractivity contribution in [2.75, 3.05) is 19.8 Å². The van der Waals surface area contributed by atoms with Gasteiger partial charge in [-0.2, -0.15) is 0 Å². The summed E-state index contributed by atoms with van der Waals surface area (Å²) in [6, 6.07) is 5.89. The van der Waals surface area contributed by atoms with E-state index in [-0.39, 0.29) is 6.67 Å². The predicted molar refractivity (Wildman–Crippen MR) is 66.7 cm³/mol. The first-order valence-corrected chi connectivity index (χ1v) is 6.49. The van der Waals surface area contributed by atoms with E-state index in [1.165, 1.54) is 0 Å². The monoisotopic (exact) mass is 254 g/mol. The van der Waals surface area contributed by atoms with Gasteiger partial charge < -0.3 is 4.52 Å². The van der Waals surface area contributed by atoms with E-state index in [2.05, 4.69) is 5.16 Å². The maximum absolute atomic E-state index is 12.3. The van der Waals surface area contributed by atoms with Crippen LogP contribution < -0.4 is 0 Å². The fraction of sp³-hybridized carbons (Fsp3) is 0.417. The van der Waals surface area contributed by atoms with Gasteiger partial charge in [-0.15, -0.1) is 11.3 Å². The standard InChI is InChI=1S/C12H15FN2OS/c1-2-15(6-5-13)9-10-8-11(16-14-10)12-4-3-7-17-12/h3-4,7-8H,2,5-6,9H2,1H3. The van der Waals surface area contributed by atoms with Gasteiger partial charge in [-0.3, -0.25) is 4.90 Å². The fourth-order valence-corrected chi connectivity index (χ4v) is 2.29. The van der Waals surface area contributed by atoms with Gasteiger partial charge in [0, 0.05) is 19.2 Å². The van der Waals surface area contributed by atoms with Crippen molar-refractivity contribution in [3.63, 3.8) is 0 Å². The Morgan fingerprint density at radius 1 is 1.53 bits per heavy atom. The summed E-state index contributed by atoms with van der Waals surface area (Å²) in [5.41, 5.74) is 0.851. The van der Waals surface area contributed by atoms with E-state index < -0.39 is 0 Å². The molecule has 0 aliphatic rings. The number of hydrogen-bond donors (Lipinski definition) is 0. The average Bonchev–Trinajstić information content (AvgIpc) is 2.98. The Bertz CT molecular complexity index is 441. The van der Waals surface area contributed by atoms with Crippen LogP contribution >= 0.6 is 11.3 Å². The molecule has 0 unspecified atom stereocenters. The van der Waals surface area contributed by atoms with Crippen molar-refractivity contribution in [3.8, 4) is 10.6 Å². The highest BCUT2D eigenvalue weighted by Crippen LogP contribution is 2.25. The van der Waals surface area contributed by atoms with Crippen LogP contribution in [0.3, 0.4) is 0 Å². The lowest BCUT2D eigenvalue weighted by Gasteiger charge is -2.16.